The summed E-state index contributed by atoms with van der Waals surface area (Å²) in [5.74, 6) is -0.475. The number of imidazole rings is 1. The van der Waals surface area contributed by atoms with E-state index in [4.69, 9.17) is 4.74 Å². The van der Waals surface area contributed by atoms with Crippen LogP contribution in [0.3, 0.4) is 0 Å². The normalized spacial score (nSPS) is 12.8. The van der Waals surface area contributed by atoms with Crippen LogP contribution in [-0.4, -0.2) is 52.7 Å². The number of sulfonamides is 1. The van der Waals surface area contributed by atoms with E-state index in [1.54, 1.807) is 68.0 Å². The smallest absolute Gasteiger partial charge is 0.356 e. The molecule has 2 heterocycles. The summed E-state index contributed by atoms with van der Waals surface area (Å²) in [4.78, 5) is 20.7. The van der Waals surface area contributed by atoms with Gasteiger partial charge in [-0.2, -0.15) is 0 Å². The second kappa shape index (κ2) is 11.9. The van der Waals surface area contributed by atoms with E-state index in [-0.39, 0.29) is 29.3 Å². The van der Waals surface area contributed by atoms with Gasteiger partial charge in [0.2, 0.25) is 0 Å². The molecule has 0 spiro atoms. The van der Waals surface area contributed by atoms with E-state index >= 15 is 0 Å². The summed E-state index contributed by atoms with van der Waals surface area (Å²) < 4.78 is 34.8. The van der Waals surface area contributed by atoms with Crippen molar-refractivity contribution >= 4 is 32.7 Å². The van der Waals surface area contributed by atoms with Crippen molar-refractivity contribution in [2.24, 2.45) is 0 Å². The van der Waals surface area contributed by atoms with Crippen LogP contribution >= 0.6 is 0 Å². The molecule has 0 aliphatic rings. The van der Waals surface area contributed by atoms with E-state index in [0.29, 0.717) is 23.3 Å². The first-order valence-corrected chi connectivity index (χ1v) is 14.2. The fraction of sp³-hybridized carbons (Fsp3) is 0.321. The molecule has 0 saturated carbocycles. The highest BCUT2D eigenvalue weighted by molar-refractivity contribution is 7.92. The molecular formula is C28H33N5O5S. The highest BCUT2D eigenvalue weighted by Gasteiger charge is 2.21. The number of fused-ring (bicyclic) bond motifs is 1. The highest BCUT2D eigenvalue weighted by atomic mass is 32.2. The average Bonchev–Trinajstić information content (AvgIpc) is 3.33. The number of β-amino-alcohol motifs (C(OH)–C–C–N with tert-alkyl or cyclic N) is 1. The molecule has 0 fully saturated rings. The van der Waals surface area contributed by atoms with E-state index in [2.05, 4.69) is 20.0 Å². The Bertz CT molecular complexity index is 1540. The first-order chi connectivity index (χ1) is 18.6. The molecule has 1 atom stereocenters. The molecule has 206 valence electrons. The Morgan fingerprint density at radius 1 is 1.10 bits per heavy atom. The molecule has 4 rings (SSSR count). The molecule has 10 nitrogen and oxygen atoms in total. The lowest BCUT2D eigenvalue weighted by molar-refractivity contribution is 0.0519. The van der Waals surface area contributed by atoms with Crippen molar-refractivity contribution < 1.29 is 23.1 Å². The van der Waals surface area contributed by atoms with Gasteiger partial charge in [0, 0.05) is 24.3 Å². The zero-order valence-electron chi connectivity index (χ0n) is 22.2. The molecule has 2 aromatic carbocycles. The van der Waals surface area contributed by atoms with Gasteiger partial charge < -0.3 is 19.7 Å². The van der Waals surface area contributed by atoms with Gasteiger partial charge in [0.15, 0.2) is 5.69 Å². The number of aryl methyl sites for hydroxylation is 1. The number of aliphatic hydroxyl groups excluding tert-OH is 1. The number of carbonyl (C=O) groups is 1. The van der Waals surface area contributed by atoms with Crippen LogP contribution < -0.4 is 10.0 Å². The van der Waals surface area contributed by atoms with Gasteiger partial charge in [-0.25, -0.2) is 23.2 Å². The molecule has 3 N–H and O–H groups in total. The second-order valence-corrected chi connectivity index (χ2v) is 11.5. The molecule has 39 heavy (non-hydrogen) atoms. The lowest BCUT2D eigenvalue weighted by Crippen LogP contribution is -2.42. The van der Waals surface area contributed by atoms with E-state index in [0.717, 1.165) is 11.9 Å². The lowest BCUT2D eigenvalue weighted by atomic mass is 9.99. The quantitative estimate of drug-likeness (QED) is 0.226. The van der Waals surface area contributed by atoms with Crippen LogP contribution in [0.1, 0.15) is 49.3 Å². The van der Waals surface area contributed by atoms with Crippen molar-refractivity contribution in [3.05, 3.63) is 84.4 Å². The fourth-order valence-corrected chi connectivity index (χ4v) is 5.12. The topological polar surface area (TPSA) is 135 Å². The number of anilines is 1. The zero-order chi connectivity index (χ0) is 28.0. The Balaban J connectivity index is 1.34. The van der Waals surface area contributed by atoms with Crippen LogP contribution in [0.2, 0.25) is 0 Å². The standard InChI is InChI=1S/C28H33N5O5S/c1-4-38-27(35)24-16-23-25(17-29-24)33(19-30-23)14-13-28(2,3)31-18-26(34)20-9-8-10-21(15-20)32-39(36,37)22-11-6-5-7-12-22/h5-12,15-17,19,26,31-32,34H,4,13-14,18H2,1-3H3/t26-/m1/s1. The summed E-state index contributed by atoms with van der Waals surface area (Å²) in [5.41, 5.74) is 2.34. The Labute approximate surface area is 228 Å². The number of ether oxygens (including phenoxy) is 1. The van der Waals surface area contributed by atoms with E-state index in [1.807, 2.05) is 18.4 Å². The molecule has 0 aliphatic carbocycles. The number of carbonyl (C=O) groups excluding carboxylic acids is 1. The van der Waals surface area contributed by atoms with Gasteiger partial charge in [0.05, 0.1) is 41.2 Å². The monoisotopic (exact) mass is 551 g/mol. The van der Waals surface area contributed by atoms with Gasteiger partial charge in [0.1, 0.15) is 0 Å². The van der Waals surface area contributed by atoms with Crippen LogP contribution in [0.4, 0.5) is 5.69 Å². The predicted molar refractivity (Wildman–Crippen MR) is 149 cm³/mol. The van der Waals surface area contributed by atoms with E-state index in [1.165, 1.54) is 12.1 Å². The first-order valence-electron chi connectivity index (χ1n) is 12.7. The fourth-order valence-electron chi connectivity index (χ4n) is 4.05. The van der Waals surface area contributed by atoms with Crippen LogP contribution in [0, 0.1) is 0 Å². The lowest BCUT2D eigenvalue weighted by Gasteiger charge is -2.28. The zero-order valence-corrected chi connectivity index (χ0v) is 23.0. The second-order valence-electron chi connectivity index (χ2n) is 9.79. The molecule has 11 heteroatoms. The Hall–Kier alpha value is -3.80. The number of nitrogens with one attached hydrogen (secondary N) is 2. The number of esters is 1. The third-order valence-corrected chi connectivity index (χ3v) is 7.72. The maximum atomic E-state index is 12.6. The molecule has 2 aromatic heterocycles. The van der Waals surface area contributed by atoms with Crippen LogP contribution in [0.25, 0.3) is 11.0 Å². The molecule has 0 amide bonds. The van der Waals surface area contributed by atoms with Crippen LogP contribution in [-0.2, 0) is 21.3 Å². The van der Waals surface area contributed by atoms with Gasteiger partial charge in [0.25, 0.3) is 10.0 Å². The largest absolute Gasteiger partial charge is 0.461 e. The van der Waals surface area contributed by atoms with Gasteiger partial charge in [-0.05, 0) is 63.1 Å². The minimum atomic E-state index is -3.73. The van der Waals surface area contributed by atoms with Crippen molar-refractivity contribution in [3.8, 4) is 0 Å². The SMILES string of the molecule is CCOC(=O)c1cc2ncn(CCC(C)(C)NC[C@@H](O)c3cccc(NS(=O)(=O)c4ccccc4)c3)c2cn1. The van der Waals surface area contributed by atoms with Gasteiger partial charge in [-0.1, -0.05) is 30.3 Å². The maximum Gasteiger partial charge on any atom is 0.356 e. The Morgan fingerprint density at radius 2 is 1.87 bits per heavy atom. The number of rotatable bonds is 12. The third kappa shape index (κ3) is 7.20. The van der Waals surface area contributed by atoms with Crippen molar-refractivity contribution in [1.82, 2.24) is 19.9 Å². The molecular weight excluding hydrogens is 518 g/mol. The van der Waals surface area contributed by atoms with Crippen LogP contribution in [0.15, 0.2) is 78.1 Å². The molecule has 0 bridgehead atoms. The number of benzene rings is 2. The number of aromatic nitrogens is 3. The van der Waals surface area contributed by atoms with Gasteiger partial charge in [-0.15, -0.1) is 0 Å². The number of aliphatic hydroxyl groups is 1. The summed E-state index contributed by atoms with van der Waals surface area (Å²) in [6, 6.07) is 16.5. The summed E-state index contributed by atoms with van der Waals surface area (Å²) >= 11 is 0. The van der Waals surface area contributed by atoms with E-state index < -0.39 is 22.1 Å². The molecule has 0 aliphatic heterocycles. The maximum absolute atomic E-state index is 12.6. The molecule has 0 unspecified atom stereocenters. The van der Waals surface area contributed by atoms with Crippen LogP contribution in [0.5, 0.6) is 0 Å². The Kier molecular flexibility index (Phi) is 8.63. The number of pyridine rings is 1. The number of hydrogen-bond donors (Lipinski definition) is 3. The van der Waals surface area contributed by atoms with Gasteiger partial charge >= 0.3 is 5.97 Å². The summed E-state index contributed by atoms with van der Waals surface area (Å²) in [6.45, 7) is 7.03. The minimum Gasteiger partial charge on any atom is -0.461 e. The average molecular weight is 552 g/mol. The van der Waals surface area contributed by atoms with E-state index in [9.17, 15) is 18.3 Å². The van der Waals surface area contributed by atoms with Crippen molar-refractivity contribution in [1.29, 1.82) is 0 Å². The Morgan fingerprint density at radius 3 is 2.62 bits per heavy atom. The van der Waals surface area contributed by atoms with Gasteiger partial charge in [-0.3, -0.25) is 4.72 Å². The minimum absolute atomic E-state index is 0.167. The van der Waals surface area contributed by atoms with Crippen molar-refractivity contribution in [2.45, 2.75) is 50.3 Å². The van der Waals surface area contributed by atoms with Crippen molar-refractivity contribution in [3.63, 3.8) is 0 Å². The molecule has 4 aromatic rings. The summed E-state index contributed by atoms with van der Waals surface area (Å²) in [6.07, 6.45) is 3.22. The molecule has 0 radical (unpaired) electrons. The highest BCUT2D eigenvalue weighted by Crippen LogP contribution is 2.22. The summed E-state index contributed by atoms with van der Waals surface area (Å²) in [7, 11) is -3.73. The number of hydrogen-bond acceptors (Lipinski definition) is 8. The number of nitrogens with zero attached hydrogens (tertiary/aromatic N) is 3. The predicted octanol–water partition coefficient (Wildman–Crippen LogP) is 3.90. The van der Waals surface area contributed by atoms with Crippen molar-refractivity contribution in [2.75, 3.05) is 17.9 Å². The third-order valence-electron chi connectivity index (χ3n) is 6.32. The molecule has 0 saturated heterocycles. The first kappa shape index (κ1) is 28.2. The summed E-state index contributed by atoms with van der Waals surface area (Å²) in [5, 5.41) is 14.2.